The largest absolute Gasteiger partial charge is 0.454 e. The van der Waals surface area contributed by atoms with Gasteiger partial charge in [-0.1, -0.05) is 115 Å². The molecule has 4 nitrogen and oxygen atoms in total. The molecule has 8 rings (SSSR count). The Morgan fingerprint density at radius 1 is 0.439 bits per heavy atom. The van der Waals surface area contributed by atoms with E-state index in [1.54, 1.807) is 0 Å². The third kappa shape index (κ3) is 4.05. The average Bonchev–Trinajstić information content (AvgIpc) is 3.42. The van der Waals surface area contributed by atoms with Crippen LogP contribution in [0.2, 0.25) is 0 Å². The van der Waals surface area contributed by atoms with Crippen molar-refractivity contribution in [3.05, 3.63) is 140 Å². The molecule has 0 saturated carbocycles. The standard InChI is InChI=1S/C37H23N3O/c1-3-11-24(12-4-1)25-19-21-27(22-20-25)32-23-31(26-13-5-2-6-14-26)39-37(40-32)34-28-15-7-9-17-30(28)38-35-29-16-8-10-18-33(29)41-36(34)35/h1-23H. The molecule has 0 atom stereocenters. The summed E-state index contributed by atoms with van der Waals surface area (Å²) < 4.78 is 6.46. The summed E-state index contributed by atoms with van der Waals surface area (Å²) in [6, 6.07) is 47.4. The van der Waals surface area contributed by atoms with Crippen LogP contribution < -0.4 is 0 Å². The molecule has 0 fully saturated rings. The fourth-order valence-corrected chi connectivity index (χ4v) is 5.49. The Morgan fingerprint density at radius 2 is 0.976 bits per heavy atom. The minimum absolute atomic E-state index is 0.608. The molecule has 0 spiro atoms. The van der Waals surface area contributed by atoms with Crippen LogP contribution in [0.4, 0.5) is 0 Å². The molecule has 0 aliphatic rings. The second kappa shape index (κ2) is 9.54. The zero-order valence-electron chi connectivity index (χ0n) is 22.0. The van der Waals surface area contributed by atoms with Crippen LogP contribution in [0, 0.1) is 0 Å². The van der Waals surface area contributed by atoms with Crippen LogP contribution in [-0.2, 0) is 0 Å². The van der Waals surface area contributed by atoms with Crippen LogP contribution in [0.1, 0.15) is 0 Å². The molecule has 5 aromatic carbocycles. The number of pyridine rings is 1. The summed E-state index contributed by atoms with van der Waals surface area (Å²) in [6.07, 6.45) is 0. The Balaban J connectivity index is 1.39. The average molecular weight is 526 g/mol. The van der Waals surface area contributed by atoms with Crippen LogP contribution in [0.25, 0.3) is 78.0 Å². The summed E-state index contributed by atoms with van der Waals surface area (Å²) in [5, 5.41) is 1.93. The Bertz CT molecular complexity index is 2180. The Kier molecular flexibility index (Phi) is 5.42. The molecule has 0 aliphatic carbocycles. The first kappa shape index (κ1) is 23.3. The fourth-order valence-electron chi connectivity index (χ4n) is 5.49. The first-order valence-corrected chi connectivity index (χ1v) is 13.6. The molecule has 0 saturated heterocycles. The highest BCUT2D eigenvalue weighted by atomic mass is 16.3. The third-order valence-electron chi connectivity index (χ3n) is 7.51. The van der Waals surface area contributed by atoms with Gasteiger partial charge in [0.15, 0.2) is 11.4 Å². The topological polar surface area (TPSA) is 51.8 Å². The molecule has 4 heteroatoms. The summed E-state index contributed by atoms with van der Waals surface area (Å²) in [6.45, 7) is 0. The third-order valence-corrected chi connectivity index (χ3v) is 7.51. The number of hydrogen-bond donors (Lipinski definition) is 0. The fraction of sp³-hybridized carbons (Fsp3) is 0. The van der Waals surface area contributed by atoms with Crippen molar-refractivity contribution in [2.75, 3.05) is 0 Å². The highest BCUT2D eigenvalue weighted by Crippen LogP contribution is 2.39. The molecule has 0 N–H and O–H groups in total. The van der Waals surface area contributed by atoms with Crippen LogP contribution >= 0.6 is 0 Å². The minimum atomic E-state index is 0.608. The molecule has 0 radical (unpaired) electrons. The first-order chi connectivity index (χ1) is 20.3. The van der Waals surface area contributed by atoms with E-state index < -0.39 is 0 Å². The van der Waals surface area contributed by atoms with Gasteiger partial charge in [0.1, 0.15) is 11.1 Å². The van der Waals surface area contributed by atoms with Crippen molar-refractivity contribution in [1.82, 2.24) is 15.0 Å². The van der Waals surface area contributed by atoms with Crippen LogP contribution in [0.15, 0.2) is 144 Å². The Labute approximate surface area is 236 Å². The number of aromatic nitrogens is 3. The highest BCUT2D eigenvalue weighted by molar-refractivity contribution is 6.14. The van der Waals surface area contributed by atoms with Gasteiger partial charge in [0.25, 0.3) is 0 Å². The quantitative estimate of drug-likeness (QED) is 0.230. The summed E-state index contributed by atoms with van der Waals surface area (Å²) in [4.78, 5) is 15.3. The van der Waals surface area contributed by atoms with E-state index in [9.17, 15) is 0 Å². The van der Waals surface area contributed by atoms with E-state index in [4.69, 9.17) is 19.4 Å². The van der Waals surface area contributed by atoms with Gasteiger partial charge < -0.3 is 4.42 Å². The van der Waals surface area contributed by atoms with Crippen molar-refractivity contribution >= 4 is 33.0 Å². The van der Waals surface area contributed by atoms with E-state index in [-0.39, 0.29) is 0 Å². The van der Waals surface area contributed by atoms with Crippen molar-refractivity contribution in [3.63, 3.8) is 0 Å². The zero-order chi connectivity index (χ0) is 27.2. The lowest BCUT2D eigenvalue weighted by Gasteiger charge is -2.12. The van der Waals surface area contributed by atoms with Crippen molar-refractivity contribution < 1.29 is 4.42 Å². The van der Waals surface area contributed by atoms with E-state index in [1.165, 1.54) is 5.56 Å². The van der Waals surface area contributed by atoms with Gasteiger partial charge in [-0.05, 0) is 35.4 Å². The number of para-hydroxylation sites is 2. The van der Waals surface area contributed by atoms with E-state index in [2.05, 4.69) is 72.8 Å². The summed E-state index contributed by atoms with van der Waals surface area (Å²) in [5.74, 6) is 0.608. The molecule has 8 aromatic rings. The number of rotatable bonds is 4. The number of nitrogens with zero attached hydrogens (tertiary/aromatic N) is 3. The lowest BCUT2D eigenvalue weighted by atomic mass is 10.0. The van der Waals surface area contributed by atoms with E-state index in [1.807, 2.05) is 66.7 Å². The number of benzene rings is 5. The molecule has 0 aliphatic heterocycles. The molecule has 0 amide bonds. The lowest BCUT2D eigenvalue weighted by Crippen LogP contribution is -1.97. The molecular weight excluding hydrogens is 502 g/mol. The first-order valence-electron chi connectivity index (χ1n) is 13.6. The van der Waals surface area contributed by atoms with E-state index >= 15 is 0 Å². The second-order valence-corrected chi connectivity index (χ2v) is 10.1. The highest BCUT2D eigenvalue weighted by Gasteiger charge is 2.21. The molecule has 3 heterocycles. The van der Waals surface area contributed by atoms with Gasteiger partial charge in [0.2, 0.25) is 0 Å². The number of fused-ring (bicyclic) bond motifs is 4. The second-order valence-electron chi connectivity index (χ2n) is 10.1. The number of furan rings is 1. The predicted octanol–water partition coefficient (Wildman–Crippen LogP) is 9.59. The molecule has 3 aromatic heterocycles. The van der Waals surface area contributed by atoms with Crippen molar-refractivity contribution in [3.8, 4) is 45.0 Å². The van der Waals surface area contributed by atoms with Gasteiger partial charge in [-0.25, -0.2) is 15.0 Å². The maximum atomic E-state index is 6.46. The van der Waals surface area contributed by atoms with Crippen LogP contribution in [0.5, 0.6) is 0 Å². The summed E-state index contributed by atoms with van der Waals surface area (Å²) in [5.41, 5.74) is 10.1. The van der Waals surface area contributed by atoms with Crippen LogP contribution in [0.3, 0.4) is 0 Å². The SMILES string of the molecule is c1ccc(-c2ccc(-c3cc(-c4ccccc4)nc(-c4c5ccccc5nc5c4oc4ccccc45)n3)cc2)cc1. The summed E-state index contributed by atoms with van der Waals surface area (Å²) in [7, 11) is 0. The molecule has 192 valence electrons. The Morgan fingerprint density at radius 3 is 1.71 bits per heavy atom. The Hall–Kier alpha value is -5.61. The van der Waals surface area contributed by atoms with E-state index in [0.29, 0.717) is 11.4 Å². The van der Waals surface area contributed by atoms with Gasteiger partial charge in [-0.2, -0.15) is 0 Å². The molecule has 41 heavy (non-hydrogen) atoms. The number of hydrogen-bond acceptors (Lipinski definition) is 4. The molecule has 0 unspecified atom stereocenters. The van der Waals surface area contributed by atoms with Gasteiger partial charge in [-0.15, -0.1) is 0 Å². The summed E-state index contributed by atoms with van der Waals surface area (Å²) >= 11 is 0. The smallest absolute Gasteiger partial charge is 0.165 e. The lowest BCUT2D eigenvalue weighted by molar-refractivity contribution is 0.669. The normalized spacial score (nSPS) is 11.4. The maximum absolute atomic E-state index is 6.46. The molecule has 0 bridgehead atoms. The zero-order valence-corrected chi connectivity index (χ0v) is 22.0. The minimum Gasteiger partial charge on any atom is -0.454 e. The van der Waals surface area contributed by atoms with Gasteiger partial charge >= 0.3 is 0 Å². The van der Waals surface area contributed by atoms with Crippen molar-refractivity contribution in [2.45, 2.75) is 0 Å². The van der Waals surface area contributed by atoms with Gasteiger partial charge in [-0.3, -0.25) is 0 Å². The van der Waals surface area contributed by atoms with E-state index in [0.717, 1.165) is 61.0 Å². The maximum Gasteiger partial charge on any atom is 0.165 e. The predicted molar refractivity (Wildman–Crippen MR) is 166 cm³/mol. The van der Waals surface area contributed by atoms with Gasteiger partial charge in [0.05, 0.1) is 22.5 Å². The van der Waals surface area contributed by atoms with Crippen LogP contribution in [-0.4, -0.2) is 15.0 Å². The monoisotopic (exact) mass is 525 g/mol. The van der Waals surface area contributed by atoms with Gasteiger partial charge in [0, 0.05) is 21.9 Å². The van der Waals surface area contributed by atoms with Crippen molar-refractivity contribution in [1.29, 1.82) is 0 Å². The molecular formula is C37H23N3O. The van der Waals surface area contributed by atoms with Crippen molar-refractivity contribution in [2.24, 2.45) is 0 Å².